The molecule has 0 spiro atoms. The van der Waals surface area contributed by atoms with Crippen LogP contribution in [0.2, 0.25) is 0 Å². The van der Waals surface area contributed by atoms with Gasteiger partial charge in [-0.25, -0.2) is 0 Å². The van der Waals surface area contributed by atoms with Gasteiger partial charge in [0, 0.05) is 11.8 Å². The molecule has 0 radical (unpaired) electrons. The summed E-state index contributed by atoms with van der Waals surface area (Å²) < 4.78 is 5.76. The minimum Gasteiger partial charge on any atom is -0.494 e. The second-order valence-corrected chi connectivity index (χ2v) is 4.28. The van der Waals surface area contributed by atoms with Crippen LogP contribution in [0.4, 0.5) is 0 Å². The number of rotatable bonds is 2. The lowest BCUT2D eigenvalue weighted by Crippen LogP contribution is -2.12. The predicted octanol–water partition coefficient (Wildman–Crippen LogP) is 3.22. The van der Waals surface area contributed by atoms with Crippen LogP contribution in [0.15, 0.2) is 11.8 Å². The highest BCUT2D eigenvalue weighted by atomic mass is 16.5. The van der Waals surface area contributed by atoms with Gasteiger partial charge in [0.1, 0.15) is 6.10 Å². The maximum Gasteiger partial charge on any atom is 0.101 e. The zero-order valence-electron chi connectivity index (χ0n) is 8.79. The van der Waals surface area contributed by atoms with Crippen LogP contribution in [-0.4, -0.2) is 6.10 Å². The van der Waals surface area contributed by atoms with Gasteiger partial charge in [-0.15, -0.1) is 0 Å². The molecular formula is C11H20O. The van der Waals surface area contributed by atoms with E-state index in [-0.39, 0.29) is 0 Å². The molecule has 2 unspecified atom stereocenters. The van der Waals surface area contributed by atoms with Gasteiger partial charge in [-0.3, -0.25) is 0 Å². The molecular weight excluding hydrogens is 148 g/mol. The molecule has 0 aliphatic carbocycles. The Bertz CT molecular complexity index is 181. The van der Waals surface area contributed by atoms with Crippen molar-refractivity contribution in [2.45, 2.75) is 40.7 Å². The first-order valence-electron chi connectivity index (χ1n) is 4.90. The Morgan fingerprint density at radius 2 is 1.83 bits per heavy atom. The molecule has 1 heteroatoms. The number of allylic oxidation sites excluding steroid dienone is 1. The smallest absolute Gasteiger partial charge is 0.101 e. The maximum absolute atomic E-state index is 5.76. The van der Waals surface area contributed by atoms with Gasteiger partial charge in [0.15, 0.2) is 0 Å². The Morgan fingerprint density at radius 3 is 2.17 bits per heavy atom. The van der Waals surface area contributed by atoms with Crippen LogP contribution in [0, 0.1) is 17.8 Å². The van der Waals surface area contributed by atoms with Crippen molar-refractivity contribution in [2.75, 3.05) is 0 Å². The van der Waals surface area contributed by atoms with E-state index in [1.54, 1.807) is 0 Å². The van der Waals surface area contributed by atoms with Gasteiger partial charge in [-0.2, -0.15) is 0 Å². The lowest BCUT2D eigenvalue weighted by molar-refractivity contribution is 0.107. The highest BCUT2D eigenvalue weighted by molar-refractivity contribution is 5.07. The topological polar surface area (TPSA) is 9.23 Å². The van der Waals surface area contributed by atoms with E-state index in [2.05, 4.69) is 40.7 Å². The molecule has 0 N–H and O–H groups in total. The Hall–Kier alpha value is -0.460. The minimum atomic E-state index is 0.376. The third-order valence-electron chi connectivity index (χ3n) is 2.94. The van der Waals surface area contributed by atoms with Gasteiger partial charge in [0.25, 0.3) is 0 Å². The second-order valence-electron chi connectivity index (χ2n) is 4.28. The third-order valence-corrected chi connectivity index (χ3v) is 2.94. The van der Waals surface area contributed by atoms with Gasteiger partial charge in [-0.1, -0.05) is 27.7 Å². The van der Waals surface area contributed by atoms with Crippen molar-refractivity contribution in [1.29, 1.82) is 0 Å². The molecule has 70 valence electrons. The molecule has 0 aromatic rings. The number of hydrogen-bond donors (Lipinski definition) is 0. The Morgan fingerprint density at radius 1 is 1.25 bits per heavy atom. The van der Waals surface area contributed by atoms with E-state index in [0.717, 1.165) is 0 Å². The molecule has 1 aliphatic heterocycles. The van der Waals surface area contributed by atoms with E-state index in [1.165, 1.54) is 5.76 Å². The summed E-state index contributed by atoms with van der Waals surface area (Å²) in [7, 11) is 0. The quantitative estimate of drug-likeness (QED) is 0.615. The van der Waals surface area contributed by atoms with Gasteiger partial charge >= 0.3 is 0 Å². The summed E-state index contributed by atoms with van der Waals surface area (Å²) in [6, 6.07) is 0. The molecule has 0 bridgehead atoms. The van der Waals surface area contributed by atoms with E-state index in [1.807, 2.05) is 0 Å². The van der Waals surface area contributed by atoms with E-state index < -0.39 is 0 Å². The monoisotopic (exact) mass is 168 g/mol. The average molecular weight is 168 g/mol. The first-order chi connectivity index (χ1) is 5.52. The van der Waals surface area contributed by atoms with Crippen LogP contribution in [0.3, 0.4) is 0 Å². The number of ether oxygens (including phenoxy) is 1. The molecule has 0 aromatic heterocycles. The maximum atomic E-state index is 5.76. The standard InChI is InChI=1S/C11H20O/c1-7(2)9(4)11-6-8(3)10(5)12-11/h6-10H,1-5H3/t8?,9-,10?/m1/s1. The molecule has 1 nitrogen and oxygen atoms in total. The summed E-state index contributed by atoms with van der Waals surface area (Å²) in [6.45, 7) is 11.1. The van der Waals surface area contributed by atoms with E-state index in [9.17, 15) is 0 Å². The third kappa shape index (κ3) is 1.82. The van der Waals surface area contributed by atoms with Gasteiger partial charge in [0.05, 0.1) is 5.76 Å². The van der Waals surface area contributed by atoms with Crippen molar-refractivity contribution in [3.05, 3.63) is 11.8 Å². The van der Waals surface area contributed by atoms with Crippen molar-refractivity contribution in [3.8, 4) is 0 Å². The van der Waals surface area contributed by atoms with E-state index >= 15 is 0 Å². The summed E-state index contributed by atoms with van der Waals surface area (Å²) in [4.78, 5) is 0. The van der Waals surface area contributed by atoms with Crippen LogP contribution in [0.5, 0.6) is 0 Å². The van der Waals surface area contributed by atoms with E-state index in [0.29, 0.717) is 23.9 Å². The fourth-order valence-corrected chi connectivity index (χ4v) is 1.34. The predicted molar refractivity (Wildman–Crippen MR) is 51.8 cm³/mol. The summed E-state index contributed by atoms with van der Waals surface area (Å²) in [5, 5.41) is 0. The van der Waals surface area contributed by atoms with Gasteiger partial charge in [0.2, 0.25) is 0 Å². The van der Waals surface area contributed by atoms with Crippen molar-refractivity contribution >= 4 is 0 Å². The average Bonchev–Trinajstić information content (AvgIpc) is 2.30. The molecule has 0 fully saturated rings. The molecule has 0 aromatic carbocycles. The molecule has 3 atom stereocenters. The van der Waals surface area contributed by atoms with Crippen molar-refractivity contribution in [2.24, 2.45) is 17.8 Å². The second kappa shape index (κ2) is 3.51. The van der Waals surface area contributed by atoms with Crippen LogP contribution >= 0.6 is 0 Å². The zero-order chi connectivity index (χ0) is 9.30. The largest absolute Gasteiger partial charge is 0.494 e. The van der Waals surface area contributed by atoms with Gasteiger partial charge < -0.3 is 4.74 Å². The first kappa shape index (κ1) is 9.63. The van der Waals surface area contributed by atoms with Crippen molar-refractivity contribution < 1.29 is 4.74 Å². The lowest BCUT2D eigenvalue weighted by atomic mass is 9.95. The summed E-state index contributed by atoms with van der Waals surface area (Å²) >= 11 is 0. The van der Waals surface area contributed by atoms with Crippen LogP contribution < -0.4 is 0 Å². The molecule has 12 heavy (non-hydrogen) atoms. The Kier molecular flexibility index (Phi) is 2.81. The van der Waals surface area contributed by atoms with Crippen molar-refractivity contribution in [1.82, 2.24) is 0 Å². The zero-order valence-corrected chi connectivity index (χ0v) is 8.79. The molecule has 0 amide bonds. The highest BCUT2D eigenvalue weighted by Crippen LogP contribution is 2.30. The Labute approximate surface area is 75.8 Å². The van der Waals surface area contributed by atoms with Crippen LogP contribution in [-0.2, 0) is 4.74 Å². The minimum absolute atomic E-state index is 0.376. The first-order valence-corrected chi connectivity index (χ1v) is 4.90. The molecule has 0 saturated heterocycles. The lowest BCUT2D eigenvalue weighted by Gasteiger charge is -2.18. The fraction of sp³-hybridized carbons (Fsp3) is 0.818. The highest BCUT2D eigenvalue weighted by Gasteiger charge is 2.25. The molecule has 1 heterocycles. The van der Waals surface area contributed by atoms with Crippen LogP contribution in [0.1, 0.15) is 34.6 Å². The van der Waals surface area contributed by atoms with Crippen molar-refractivity contribution in [3.63, 3.8) is 0 Å². The number of hydrogen-bond acceptors (Lipinski definition) is 1. The molecule has 1 rings (SSSR count). The molecule has 0 saturated carbocycles. The van der Waals surface area contributed by atoms with Gasteiger partial charge in [-0.05, 0) is 18.9 Å². The fourth-order valence-electron chi connectivity index (χ4n) is 1.34. The SMILES string of the molecule is CC1C=C([C@H](C)C(C)C)OC1C. The normalized spacial score (nSPS) is 31.7. The van der Waals surface area contributed by atoms with E-state index in [4.69, 9.17) is 4.74 Å². The summed E-state index contributed by atoms with van der Waals surface area (Å²) in [6.07, 6.45) is 2.65. The summed E-state index contributed by atoms with van der Waals surface area (Å²) in [5.74, 6) is 3.03. The van der Waals surface area contributed by atoms with Crippen LogP contribution in [0.25, 0.3) is 0 Å². The molecule has 1 aliphatic rings. The Balaban J connectivity index is 2.60. The summed E-state index contributed by atoms with van der Waals surface area (Å²) in [5.41, 5.74) is 0.